The van der Waals surface area contributed by atoms with Gasteiger partial charge >= 0.3 is 0 Å². The van der Waals surface area contributed by atoms with Crippen molar-refractivity contribution in [3.63, 3.8) is 0 Å². The van der Waals surface area contributed by atoms with Gasteiger partial charge < -0.3 is 16.0 Å². The van der Waals surface area contributed by atoms with Crippen LogP contribution in [0.4, 0.5) is 10.8 Å². The zero-order valence-corrected chi connectivity index (χ0v) is 12.8. The molecule has 1 aliphatic rings. The van der Waals surface area contributed by atoms with E-state index in [9.17, 15) is 4.79 Å². The minimum absolute atomic E-state index is 0.105. The third-order valence-corrected chi connectivity index (χ3v) is 5.00. The Morgan fingerprint density at radius 2 is 2.40 bits per heavy atom. The first-order chi connectivity index (χ1) is 9.65. The Kier molecular flexibility index (Phi) is 3.62. The smallest absolute Gasteiger partial charge is 0.258 e. The Balaban J connectivity index is 1.79. The highest BCUT2D eigenvalue weighted by atomic mass is 32.1. The topological polar surface area (TPSA) is 71.2 Å². The van der Waals surface area contributed by atoms with E-state index >= 15 is 0 Å². The lowest BCUT2D eigenvalue weighted by atomic mass is 10.2. The van der Waals surface area contributed by atoms with Crippen LogP contribution in [0.25, 0.3) is 0 Å². The monoisotopic (exact) mass is 308 g/mol. The highest BCUT2D eigenvalue weighted by Gasteiger charge is 2.28. The average molecular weight is 308 g/mol. The number of thiophene rings is 1. The highest BCUT2D eigenvalue weighted by Crippen LogP contribution is 2.32. The van der Waals surface area contributed by atoms with Crippen LogP contribution < -0.4 is 16.0 Å². The summed E-state index contributed by atoms with van der Waals surface area (Å²) in [5.41, 5.74) is 6.38. The Morgan fingerprint density at radius 3 is 3.05 bits per heavy atom. The van der Waals surface area contributed by atoms with Gasteiger partial charge in [0.2, 0.25) is 0 Å². The largest absolute Gasteiger partial charge is 0.382 e. The summed E-state index contributed by atoms with van der Waals surface area (Å²) in [5.74, 6) is 0.216. The van der Waals surface area contributed by atoms with Gasteiger partial charge in [0.15, 0.2) is 5.82 Å². The molecule has 0 atom stereocenters. The molecule has 0 aromatic carbocycles. The van der Waals surface area contributed by atoms with Crippen molar-refractivity contribution < 1.29 is 4.79 Å². The first-order valence-corrected chi connectivity index (χ1v) is 8.10. The molecule has 106 valence electrons. The molecule has 3 N–H and O–H groups in total. The van der Waals surface area contributed by atoms with Crippen LogP contribution in [-0.4, -0.2) is 23.4 Å². The molecule has 0 saturated heterocycles. The van der Waals surface area contributed by atoms with Crippen molar-refractivity contribution in [1.29, 1.82) is 0 Å². The fourth-order valence-electron chi connectivity index (χ4n) is 1.96. The Morgan fingerprint density at radius 1 is 1.60 bits per heavy atom. The van der Waals surface area contributed by atoms with Gasteiger partial charge in [-0.1, -0.05) is 6.07 Å². The van der Waals surface area contributed by atoms with Crippen LogP contribution in [0.3, 0.4) is 0 Å². The maximum atomic E-state index is 12.3. The van der Waals surface area contributed by atoms with Gasteiger partial charge in [-0.25, -0.2) is 0 Å². The molecule has 0 spiro atoms. The summed E-state index contributed by atoms with van der Waals surface area (Å²) in [6.07, 6.45) is 2.12. The molecule has 2 heterocycles. The predicted octanol–water partition coefficient (Wildman–Crippen LogP) is 2.32. The van der Waals surface area contributed by atoms with E-state index in [-0.39, 0.29) is 5.91 Å². The minimum atomic E-state index is -0.105. The van der Waals surface area contributed by atoms with Crippen molar-refractivity contribution in [3.05, 3.63) is 28.0 Å². The van der Waals surface area contributed by atoms with Gasteiger partial charge in [0.1, 0.15) is 10.6 Å². The van der Waals surface area contributed by atoms with Crippen molar-refractivity contribution >= 4 is 39.6 Å². The van der Waals surface area contributed by atoms with E-state index in [2.05, 4.69) is 15.8 Å². The van der Waals surface area contributed by atoms with Crippen molar-refractivity contribution in [1.82, 2.24) is 9.69 Å². The molecule has 1 amide bonds. The molecule has 0 bridgehead atoms. The van der Waals surface area contributed by atoms with Gasteiger partial charge in [-0.05, 0) is 35.8 Å². The summed E-state index contributed by atoms with van der Waals surface area (Å²) >= 11 is 2.98. The molecule has 2 aromatic heterocycles. The van der Waals surface area contributed by atoms with Crippen molar-refractivity contribution in [2.24, 2.45) is 0 Å². The Labute approximate surface area is 125 Å². The van der Waals surface area contributed by atoms with Gasteiger partial charge in [-0.15, -0.1) is 11.3 Å². The molecule has 0 radical (unpaired) electrons. The normalized spacial score (nSPS) is 14.2. The van der Waals surface area contributed by atoms with Crippen LogP contribution in [0, 0.1) is 0 Å². The molecule has 20 heavy (non-hydrogen) atoms. The molecule has 0 aliphatic heterocycles. The van der Waals surface area contributed by atoms with Crippen molar-refractivity contribution in [3.8, 4) is 0 Å². The number of nitrogen functional groups attached to an aromatic ring is 1. The van der Waals surface area contributed by atoms with Crippen LogP contribution in [0.1, 0.15) is 28.1 Å². The standard InChI is InChI=1S/C13H16N4OS2/c1-17(7-9-3-2-6-19-9)13-10(11(14)16-20-13)12(18)15-8-4-5-8/h2-3,6,8H,4-5,7H2,1H3,(H2,14,16)(H,15,18). The molecule has 3 rings (SSSR count). The van der Waals surface area contributed by atoms with Gasteiger partial charge in [0, 0.05) is 18.0 Å². The van der Waals surface area contributed by atoms with Crippen LogP contribution in [0.2, 0.25) is 0 Å². The lowest BCUT2D eigenvalue weighted by Crippen LogP contribution is -2.28. The molecular formula is C13H16N4OS2. The summed E-state index contributed by atoms with van der Waals surface area (Å²) < 4.78 is 4.14. The average Bonchev–Trinajstić information content (AvgIpc) is 2.91. The number of anilines is 2. The van der Waals surface area contributed by atoms with E-state index in [1.54, 1.807) is 11.3 Å². The quantitative estimate of drug-likeness (QED) is 0.889. The summed E-state index contributed by atoms with van der Waals surface area (Å²) in [6.45, 7) is 0.753. The first-order valence-electron chi connectivity index (χ1n) is 6.44. The lowest BCUT2D eigenvalue weighted by Gasteiger charge is -2.17. The van der Waals surface area contributed by atoms with Crippen LogP contribution in [0.15, 0.2) is 17.5 Å². The van der Waals surface area contributed by atoms with Crippen molar-refractivity contribution in [2.45, 2.75) is 25.4 Å². The van der Waals surface area contributed by atoms with E-state index < -0.39 is 0 Å². The molecule has 1 aliphatic carbocycles. The molecule has 1 saturated carbocycles. The number of nitrogens with zero attached hydrogens (tertiary/aromatic N) is 2. The lowest BCUT2D eigenvalue weighted by molar-refractivity contribution is 0.0952. The molecule has 0 unspecified atom stereocenters. The van der Waals surface area contributed by atoms with E-state index in [0.29, 0.717) is 17.4 Å². The zero-order valence-electron chi connectivity index (χ0n) is 11.1. The van der Waals surface area contributed by atoms with Crippen LogP contribution >= 0.6 is 22.9 Å². The second-order valence-electron chi connectivity index (χ2n) is 4.93. The first kappa shape index (κ1) is 13.4. The van der Waals surface area contributed by atoms with Gasteiger partial charge in [0.25, 0.3) is 5.91 Å². The number of nitrogens with one attached hydrogen (secondary N) is 1. The predicted molar refractivity (Wildman–Crippen MR) is 83.4 cm³/mol. The molecule has 2 aromatic rings. The number of aromatic nitrogens is 1. The second-order valence-corrected chi connectivity index (χ2v) is 6.72. The van der Waals surface area contributed by atoms with Gasteiger partial charge in [0.05, 0.1) is 6.54 Å². The number of hydrogen-bond acceptors (Lipinski definition) is 6. The van der Waals surface area contributed by atoms with Gasteiger partial charge in [-0.2, -0.15) is 4.37 Å². The van der Waals surface area contributed by atoms with Gasteiger partial charge in [-0.3, -0.25) is 4.79 Å². The summed E-state index contributed by atoms with van der Waals surface area (Å²) in [7, 11) is 1.96. The number of rotatable bonds is 5. The van der Waals surface area contributed by atoms with E-state index in [1.165, 1.54) is 16.4 Å². The molecule has 1 fully saturated rings. The maximum Gasteiger partial charge on any atom is 0.258 e. The summed E-state index contributed by atoms with van der Waals surface area (Å²) in [6, 6.07) is 4.42. The molecule has 7 heteroatoms. The number of nitrogens with two attached hydrogens (primary N) is 1. The third-order valence-electron chi connectivity index (χ3n) is 3.16. The SMILES string of the molecule is CN(Cc1cccs1)c1snc(N)c1C(=O)NC1CC1. The van der Waals surface area contributed by atoms with E-state index in [4.69, 9.17) is 5.73 Å². The number of hydrogen-bond donors (Lipinski definition) is 2. The maximum absolute atomic E-state index is 12.3. The van der Waals surface area contributed by atoms with Crippen molar-refractivity contribution in [2.75, 3.05) is 17.7 Å². The summed E-state index contributed by atoms with van der Waals surface area (Å²) in [5, 5.41) is 5.85. The number of carbonyl (C=O) groups is 1. The Hall–Kier alpha value is -1.60. The third kappa shape index (κ3) is 2.78. The minimum Gasteiger partial charge on any atom is -0.382 e. The zero-order chi connectivity index (χ0) is 14.1. The van der Waals surface area contributed by atoms with Crippen LogP contribution in [0.5, 0.6) is 0 Å². The fourth-order valence-corrected chi connectivity index (χ4v) is 3.49. The summed E-state index contributed by atoms with van der Waals surface area (Å²) in [4.78, 5) is 15.5. The fraction of sp³-hybridized carbons (Fsp3) is 0.385. The molecular weight excluding hydrogens is 292 g/mol. The van der Waals surface area contributed by atoms with E-state index in [0.717, 1.165) is 24.4 Å². The highest BCUT2D eigenvalue weighted by molar-refractivity contribution is 7.11. The Bertz CT molecular complexity index is 604. The van der Waals surface area contributed by atoms with E-state index in [1.807, 2.05) is 23.4 Å². The molecule has 5 nitrogen and oxygen atoms in total. The second kappa shape index (κ2) is 5.41. The number of amides is 1. The van der Waals surface area contributed by atoms with Crippen LogP contribution in [-0.2, 0) is 6.54 Å². The number of carbonyl (C=O) groups excluding carboxylic acids is 1.